The van der Waals surface area contributed by atoms with E-state index in [1.165, 1.54) is 32.1 Å². The fourth-order valence-corrected chi connectivity index (χ4v) is 4.24. The number of hydrogen-bond acceptors (Lipinski definition) is 5. The molecule has 0 bridgehead atoms. The molecule has 3 fully saturated rings. The number of nitrogens with zero attached hydrogens (tertiary/aromatic N) is 1. The van der Waals surface area contributed by atoms with Gasteiger partial charge in [-0.15, -0.1) is 0 Å². The van der Waals surface area contributed by atoms with Crippen LogP contribution < -0.4 is 10.6 Å². The van der Waals surface area contributed by atoms with E-state index in [1.807, 2.05) is 0 Å². The minimum Gasteiger partial charge on any atom is -0.392 e. The molecule has 2 saturated heterocycles. The third-order valence-electron chi connectivity index (χ3n) is 5.64. The summed E-state index contributed by atoms with van der Waals surface area (Å²) in [5.41, 5.74) is 0.211. The smallest absolute Gasteiger partial charge is 0.237 e. The van der Waals surface area contributed by atoms with E-state index in [0.717, 1.165) is 39.4 Å². The van der Waals surface area contributed by atoms with Crippen LogP contribution in [0.15, 0.2) is 0 Å². The summed E-state index contributed by atoms with van der Waals surface area (Å²) < 4.78 is 5.45. The Kier molecular flexibility index (Phi) is 5.91. The lowest BCUT2D eigenvalue weighted by Crippen LogP contribution is -2.51. The summed E-state index contributed by atoms with van der Waals surface area (Å²) in [6.07, 6.45) is 6.39. The van der Waals surface area contributed by atoms with E-state index in [4.69, 9.17) is 4.74 Å². The first-order valence-electron chi connectivity index (χ1n) is 9.16. The molecule has 0 radical (unpaired) electrons. The van der Waals surface area contributed by atoms with Crippen LogP contribution in [0.1, 0.15) is 38.5 Å². The van der Waals surface area contributed by atoms with Crippen LogP contribution in [0.5, 0.6) is 0 Å². The summed E-state index contributed by atoms with van der Waals surface area (Å²) in [5, 5.41) is 15.8. The molecule has 2 atom stereocenters. The molecule has 132 valence electrons. The van der Waals surface area contributed by atoms with Crippen LogP contribution in [0, 0.1) is 5.41 Å². The van der Waals surface area contributed by atoms with Gasteiger partial charge in [-0.25, -0.2) is 0 Å². The van der Waals surface area contributed by atoms with Gasteiger partial charge in [0.25, 0.3) is 0 Å². The quantitative estimate of drug-likeness (QED) is 0.669. The fourth-order valence-electron chi connectivity index (χ4n) is 4.24. The van der Waals surface area contributed by atoms with Gasteiger partial charge in [-0.05, 0) is 19.3 Å². The monoisotopic (exact) mass is 325 g/mol. The van der Waals surface area contributed by atoms with E-state index in [9.17, 15) is 9.90 Å². The molecule has 23 heavy (non-hydrogen) atoms. The summed E-state index contributed by atoms with van der Waals surface area (Å²) in [6, 6.07) is -0.228. The van der Waals surface area contributed by atoms with Crippen LogP contribution in [0.25, 0.3) is 0 Å². The lowest BCUT2D eigenvalue weighted by molar-refractivity contribution is -0.123. The molecule has 2 unspecified atom stereocenters. The highest BCUT2D eigenvalue weighted by Gasteiger charge is 2.36. The maximum absolute atomic E-state index is 12.3. The van der Waals surface area contributed by atoms with E-state index in [-0.39, 0.29) is 23.5 Å². The third-order valence-corrected chi connectivity index (χ3v) is 5.64. The zero-order valence-electron chi connectivity index (χ0n) is 14.1. The molecule has 1 saturated carbocycles. The second-order valence-electron chi connectivity index (χ2n) is 7.52. The molecule has 0 aromatic heterocycles. The number of ether oxygens (including phenoxy) is 1. The summed E-state index contributed by atoms with van der Waals surface area (Å²) in [4.78, 5) is 14.8. The first-order chi connectivity index (χ1) is 11.2. The third kappa shape index (κ3) is 4.66. The first kappa shape index (κ1) is 17.1. The first-order valence-corrected chi connectivity index (χ1v) is 9.16. The molecular formula is C17H31N3O3. The topological polar surface area (TPSA) is 73.8 Å². The van der Waals surface area contributed by atoms with Gasteiger partial charge in [0.1, 0.15) is 0 Å². The molecule has 1 amide bonds. The molecule has 2 heterocycles. The molecule has 0 aromatic carbocycles. The van der Waals surface area contributed by atoms with Gasteiger partial charge in [-0.3, -0.25) is 9.69 Å². The van der Waals surface area contributed by atoms with Crippen LogP contribution >= 0.6 is 0 Å². The number of nitrogens with one attached hydrogen (secondary N) is 2. The Labute approximate surface area is 138 Å². The largest absolute Gasteiger partial charge is 0.392 e. The van der Waals surface area contributed by atoms with Crippen molar-refractivity contribution in [1.29, 1.82) is 0 Å². The molecule has 2 aliphatic heterocycles. The van der Waals surface area contributed by atoms with Crippen molar-refractivity contribution in [2.75, 3.05) is 45.9 Å². The number of aliphatic hydroxyl groups excluding tert-OH is 1. The van der Waals surface area contributed by atoms with E-state index < -0.39 is 0 Å². The summed E-state index contributed by atoms with van der Waals surface area (Å²) in [5.74, 6) is 0.0495. The maximum atomic E-state index is 12.3. The van der Waals surface area contributed by atoms with Crippen molar-refractivity contribution in [1.82, 2.24) is 15.5 Å². The Balaban J connectivity index is 1.54. The highest BCUT2D eigenvalue weighted by atomic mass is 16.5. The number of rotatable bonds is 5. The Morgan fingerprint density at radius 1 is 1.26 bits per heavy atom. The minimum absolute atomic E-state index is 0.0495. The van der Waals surface area contributed by atoms with Gasteiger partial charge in [0.15, 0.2) is 0 Å². The molecule has 0 spiro atoms. The summed E-state index contributed by atoms with van der Waals surface area (Å²) in [6.45, 7) is 6.02. The maximum Gasteiger partial charge on any atom is 0.237 e. The summed E-state index contributed by atoms with van der Waals surface area (Å²) >= 11 is 0. The van der Waals surface area contributed by atoms with E-state index in [1.54, 1.807) is 0 Å². The molecule has 0 aromatic rings. The summed E-state index contributed by atoms with van der Waals surface area (Å²) in [7, 11) is 0. The molecule has 3 N–H and O–H groups in total. The number of aliphatic hydroxyl groups is 1. The average Bonchev–Trinajstić information content (AvgIpc) is 3.01. The van der Waals surface area contributed by atoms with Gasteiger partial charge in [-0.1, -0.05) is 19.3 Å². The number of amides is 1. The predicted octanol–water partition coefficient (Wildman–Crippen LogP) is 0.108. The highest BCUT2D eigenvalue weighted by molar-refractivity contribution is 5.82. The Hall–Kier alpha value is -0.690. The van der Waals surface area contributed by atoms with Crippen molar-refractivity contribution in [2.45, 2.75) is 50.7 Å². The zero-order chi connectivity index (χ0) is 16.1. The van der Waals surface area contributed by atoms with Crippen LogP contribution in [-0.4, -0.2) is 74.0 Å². The van der Waals surface area contributed by atoms with Crippen molar-refractivity contribution < 1.29 is 14.6 Å². The Bertz CT molecular complexity index is 393. The van der Waals surface area contributed by atoms with Crippen LogP contribution in [0.3, 0.4) is 0 Å². The number of morpholine rings is 1. The lowest BCUT2D eigenvalue weighted by Gasteiger charge is -2.42. The van der Waals surface area contributed by atoms with E-state index >= 15 is 0 Å². The number of hydrogen-bond donors (Lipinski definition) is 3. The Morgan fingerprint density at radius 3 is 2.65 bits per heavy atom. The number of carbonyl (C=O) groups is 1. The molecule has 6 nitrogen and oxygen atoms in total. The normalized spacial score (nSPS) is 31.9. The average molecular weight is 325 g/mol. The van der Waals surface area contributed by atoms with Gasteiger partial charge in [0, 0.05) is 38.1 Å². The Morgan fingerprint density at radius 2 is 2.00 bits per heavy atom. The van der Waals surface area contributed by atoms with Gasteiger partial charge >= 0.3 is 0 Å². The molecule has 3 rings (SSSR count). The lowest BCUT2D eigenvalue weighted by atomic mass is 9.73. The van der Waals surface area contributed by atoms with Gasteiger partial charge < -0.3 is 20.5 Å². The zero-order valence-corrected chi connectivity index (χ0v) is 14.1. The number of carbonyl (C=O) groups excluding carboxylic acids is 1. The number of β-amino-alcohol motifs (C(OH)–C–C–N with tert-alkyl or cyclic N) is 1. The van der Waals surface area contributed by atoms with Gasteiger partial charge in [-0.2, -0.15) is 0 Å². The molecule has 6 heteroatoms. The SMILES string of the molecule is O=C(NCC1(CN2CCOCC2)CCCCC1)C1CC(O)CN1. The van der Waals surface area contributed by atoms with Gasteiger partial charge in [0.2, 0.25) is 5.91 Å². The van der Waals surface area contributed by atoms with Crippen molar-refractivity contribution in [2.24, 2.45) is 5.41 Å². The standard InChI is InChI=1S/C17H31N3O3/c21-14-10-15(18-11-14)16(22)19-12-17(4-2-1-3-5-17)13-20-6-8-23-9-7-20/h14-15,18,21H,1-13H2,(H,19,22). The van der Waals surface area contributed by atoms with Crippen molar-refractivity contribution in [3.8, 4) is 0 Å². The van der Waals surface area contributed by atoms with Crippen LogP contribution in [0.2, 0.25) is 0 Å². The van der Waals surface area contributed by atoms with E-state index in [0.29, 0.717) is 13.0 Å². The second kappa shape index (κ2) is 7.92. The predicted molar refractivity (Wildman–Crippen MR) is 88.2 cm³/mol. The van der Waals surface area contributed by atoms with E-state index in [2.05, 4.69) is 15.5 Å². The molecular weight excluding hydrogens is 294 g/mol. The van der Waals surface area contributed by atoms with Crippen LogP contribution in [-0.2, 0) is 9.53 Å². The van der Waals surface area contributed by atoms with Crippen molar-refractivity contribution in [3.05, 3.63) is 0 Å². The van der Waals surface area contributed by atoms with Crippen LogP contribution in [0.4, 0.5) is 0 Å². The fraction of sp³-hybridized carbons (Fsp3) is 0.941. The highest BCUT2D eigenvalue weighted by Crippen LogP contribution is 2.36. The molecule has 3 aliphatic rings. The minimum atomic E-state index is -0.386. The van der Waals surface area contributed by atoms with Gasteiger partial charge in [0.05, 0.1) is 25.4 Å². The second-order valence-corrected chi connectivity index (χ2v) is 7.52. The van der Waals surface area contributed by atoms with Crippen molar-refractivity contribution >= 4 is 5.91 Å². The molecule has 1 aliphatic carbocycles. The van der Waals surface area contributed by atoms with Crippen molar-refractivity contribution in [3.63, 3.8) is 0 Å².